The molecule has 2 N–H and O–H groups in total. The first-order valence-corrected chi connectivity index (χ1v) is 7.15. The van der Waals surface area contributed by atoms with Crippen LogP contribution < -0.4 is 15.4 Å². The van der Waals surface area contributed by atoms with Crippen LogP contribution in [-0.4, -0.2) is 25.0 Å². The summed E-state index contributed by atoms with van der Waals surface area (Å²) in [7, 11) is 3.47. The van der Waals surface area contributed by atoms with Gasteiger partial charge in [0.1, 0.15) is 11.6 Å². The van der Waals surface area contributed by atoms with Gasteiger partial charge in [0.25, 0.3) is 0 Å². The third-order valence-electron chi connectivity index (χ3n) is 3.33. The van der Waals surface area contributed by atoms with E-state index in [1.807, 2.05) is 31.3 Å². The van der Waals surface area contributed by atoms with Gasteiger partial charge >= 0.3 is 0 Å². The number of hydrogen-bond donors (Lipinski definition) is 2. The topological polar surface area (TPSA) is 63.3 Å². The van der Waals surface area contributed by atoms with Crippen LogP contribution in [0.25, 0.3) is 0 Å². The Morgan fingerprint density at radius 2 is 2.35 bits per heavy atom. The molecule has 1 aromatic heterocycles. The summed E-state index contributed by atoms with van der Waals surface area (Å²) in [6.45, 7) is 0. The number of carbonyl (C=O) groups excluding carboxylic acids is 1. The van der Waals surface area contributed by atoms with Crippen LogP contribution in [-0.2, 0) is 4.79 Å². The number of hydrogen-bond acceptors (Lipinski definition) is 5. The van der Waals surface area contributed by atoms with Crippen molar-refractivity contribution in [3.05, 3.63) is 34.7 Å². The molecule has 0 spiro atoms. The van der Waals surface area contributed by atoms with E-state index < -0.39 is 0 Å². The van der Waals surface area contributed by atoms with Gasteiger partial charge in [0.05, 0.1) is 12.0 Å². The lowest BCUT2D eigenvalue weighted by Crippen LogP contribution is -2.22. The molecule has 0 saturated carbocycles. The van der Waals surface area contributed by atoms with Gasteiger partial charge in [-0.05, 0) is 17.7 Å². The first kappa shape index (κ1) is 12.9. The summed E-state index contributed by atoms with van der Waals surface area (Å²) < 4.78 is 5.26. The highest BCUT2D eigenvalue weighted by Gasteiger charge is 2.30. The highest BCUT2D eigenvalue weighted by Crippen LogP contribution is 2.42. The van der Waals surface area contributed by atoms with Crippen LogP contribution in [0.15, 0.2) is 24.3 Å². The molecule has 1 amide bonds. The van der Waals surface area contributed by atoms with Gasteiger partial charge in [0.2, 0.25) is 5.91 Å². The minimum atomic E-state index is -0.00160. The number of thiazole rings is 1. The molecule has 5 nitrogen and oxygen atoms in total. The Hall–Kier alpha value is -2.08. The van der Waals surface area contributed by atoms with Crippen LogP contribution in [0.2, 0.25) is 0 Å². The molecule has 2 aromatic rings. The number of methoxy groups -OCH3 is 1. The summed E-state index contributed by atoms with van der Waals surface area (Å²) in [6.07, 6.45) is 0.436. The Balaban J connectivity index is 2.05. The fourth-order valence-electron chi connectivity index (χ4n) is 2.35. The van der Waals surface area contributed by atoms with E-state index in [2.05, 4.69) is 15.6 Å². The van der Waals surface area contributed by atoms with Crippen LogP contribution in [0.4, 0.5) is 10.9 Å². The number of ether oxygens (including phenoxy) is 1. The summed E-state index contributed by atoms with van der Waals surface area (Å²) in [5.41, 5.74) is 1.08. The SMILES string of the molecule is CNc1nc2c(s1)C(c1cccc(OC)c1)CC(=O)N2. The molecule has 0 aliphatic carbocycles. The predicted octanol–water partition coefficient (Wildman–Crippen LogP) is 2.67. The van der Waals surface area contributed by atoms with Crippen LogP contribution in [0.3, 0.4) is 0 Å². The maximum Gasteiger partial charge on any atom is 0.226 e. The highest BCUT2D eigenvalue weighted by molar-refractivity contribution is 7.16. The molecule has 0 radical (unpaired) electrons. The second-order valence-corrected chi connectivity index (χ2v) is 5.59. The third kappa shape index (κ3) is 2.22. The molecule has 6 heteroatoms. The summed E-state index contributed by atoms with van der Waals surface area (Å²) in [5.74, 6) is 1.50. The Kier molecular flexibility index (Phi) is 3.31. The van der Waals surface area contributed by atoms with Crippen molar-refractivity contribution in [3.8, 4) is 5.75 Å². The van der Waals surface area contributed by atoms with E-state index in [9.17, 15) is 4.79 Å². The quantitative estimate of drug-likeness (QED) is 0.912. The molecule has 0 fully saturated rings. The van der Waals surface area contributed by atoms with Crippen molar-refractivity contribution in [2.45, 2.75) is 12.3 Å². The fourth-order valence-corrected chi connectivity index (χ4v) is 3.36. The van der Waals surface area contributed by atoms with Gasteiger partial charge in [-0.15, -0.1) is 0 Å². The van der Waals surface area contributed by atoms with Crippen molar-refractivity contribution < 1.29 is 9.53 Å². The molecule has 104 valence electrons. The largest absolute Gasteiger partial charge is 0.497 e. The molecule has 1 atom stereocenters. The Labute approximate surface area is 121 Å². The number of benzene rings is 1. The summed E-state index contributed by atoms with van der Waals surface area (Å²) >= 11 is 1.58. The molecular weight excluding hydrogens is 274 g/mol. The second kappa shape index (κ2) is 5.13. The maximum atomic E-state index is 11.9. The second-order valence-electron chi connectivity index (χ2n) is 4.56. The van der Waals surface area contributed by atoms with E-state index in [4.69, 9.17) is 4.74 Å². The van der Waals surface area contributed by atoms with Crippen LogP contribution in [0, 0.1) is 0 Å². The minimum Gasteiger partial charge on any atom is -0.497 e. The third-order valence-corrected chi connectivity index (χ3v) is 4.51. The van der Waals surface area contributed by atoms with Gasteiger partial charge in [-0.3, -0.25) is 4.79 Å². The lowest BCUT2D eigenvalue weighted by molar-refractivity contribution is -0.116. The number of nitrogens with one attached hydrogen (secondary N) is 2. The number of amides is 1. The molecular formula is C14H15N3O2S. The van der Waals surface area contributed by atoms with Crippen LogP contribution in [0.1, 0.15) is 22.8 Å². The molecule has 1 aromatic carbocycles. The lowest BCUT2D eigenvalue weighted by Gasteiger charge is -2.21. The Morgan fingerprint density at radius 3 is 3.10 bits per heavy atom. The van der Waals surface area contributed by atoms with E-state index in [0.29, 0.717) is 12.2 Å². The Bertz CT molecular complexity index is 654. The monoisotopic (exact) mass is 289 g/mol. The first-order chi connectivity index (χ1) is 9.71. The van der Waals surface area contributed by atoms with E-state index in [1.165, 1.54) is 0 Å². The summed E-state index contributed by atoms with van der Waals surface area (Å²) in [4.78, 5) is 17.3. The van der Waals surface area contributed by atoms with Gasteiger partial charge in [0.15, 0.2) is 5.13 Å². The molecule has 1 aliphatic heterocycles. The van der Waals surface area contributed by atoms with Crippen molar-refractivity contribution in [2.24, 2.45) is 0 Å². The van der Waals surface area contributed by atoms with Crippen molar-refractivity contribution in [3.63, 3.8) is 0 Å². The molecule has 2 heterocycles. The normalized spacial score (nSPS) is 17.3. The van der Waals surface area contributed by atoms with Crippen molar-refractivity contribution >= 4 is 28.2 Å². The van der Waals surface area contributed by atoms with Crippen molar-refractivity contribution in [1.82, 2.24) is 4.98 Å². The van der Waals surface area contributed by atoms with E-state index in [-0.39, 0.29) is 11.8 Å². The zero-order valence-corrected chi connectivity index (χ0v) is 12.1. The van der Waals surface area contributed by atoms with E-state index >= 15 is 0 Å². The van der Waals surface area contributed by atoms with Crippen molar-refractivity contribution in [2.75, 3.05) is 24.8 Å². The zero-order valence-electron chi connectivity index (χ0n) is 11.3. The average Bonchev–Trinajstić information content (AvgIpc) is 2.89. The highest BCUT2D eigenvalue weighted by atomic mass is 32.1. The molecule has 1 unspecified atom stereocenters. The molecule has 20 heavy (non-hydrogen) atoms. The standard InChI is InChI=1S/C14H15N3O2S/c1-15-14-17-13-12(20-14)10(7-11(18)16-13)8-4-3-5-9(6-8)19-2/h3-6,10H,7H2,1-2H3,(H,15,17)(H,16,18). The smallest absolute Gasteiger partial charge is 0.226 e. The summed E-state index contributed by atoms with van der Waals surface area (Å²) in [6, 6.07) is 7.85. The zero-order chi connectivity index (χ0) is 14.1. The van der Waals surface area contributed by atoms with Gasteiger partial charge in [-0.25, -0.2) is 4.98 Å². The average molecular weight is 289 g/mol. The van der Waals surface area contributed by atoms with Gasteiger partial charge < -0.3 is 15.4 Å². The Morgan fingerprint density at radius 1 is 1.50 bits per heavy atom. The number of anilines is 2. The number of aromatic nitrogens is 1. The number of fused-ring (bicyclic) bond motifs is 1. The fraction of sp³-hybridized carbons (Fsp3) is 0.286. The van der Waals surface area contributed by atoms with Gasteiger partial charge in [0, 0.05) is 19.4 Å². The van der Waals surface area contributed by atoms with Crippen LogP contribution in [0.5, 0.6) is 5.75 Å². The first-order valence-electron chi connectivity index (χ1n) is 6.33. The van der Waals surface area contributed by atoms with Crippen molar-refractivity contribution in [1.29, 1.82) is 0 Å². The number of nitrogens with zero attached hydrogens (tertiary/aromatic N) is 1. The predicted molar refractivity (Wildman–Crippen MR) is 79.7 cm³/mol. The number of carbonyl (C=O) groups is 1. The van der Waals surface area contributed by atoms with E-state index in [0.717, 1.165) is 21.3 Å². The molecule has 1 aliphatic rings. The van der Waals surface area contributed by atoms with Gasteiger partial charge in [-0.2, -0.15) is 0 Å². The van der Waals surface area contributed by atoms with E-state index in [1.54, 1.807) is 18.4 Å². The minimum absolute atomic E-state index is 0.00160. The maximum absolute atomic E-state index is 11.9. The summed E-state index contributed by atoms with van der Waals surface area (Å²) in [5, 5.41) is 6.67. The lowest BCUT2D eigenvalue weighted by atomic mass is 9.91. The number of rotatable bonds is 3. The molecule has 0 saturated heterocycles. The van der Waals surface area contributed by atoms with Crippen LogP contribution >= 0.6 is 11.3 Å². The molecule has 3 rings (SSSR count). The molecule has 0 bridgehead atoms. The van der Waals surface area contributed by atoms with Gasteiger partial charge in [-0.1, -0.05) is 23.5 Å².